The van der Waals surface area contributed by atoms with Crippen LogP contribution in [0, 0.1) is 13.8 Å². The number of hydrogen-bond acceptors (Lipinski definition) is 0. The molecule has 38 heavy (non-hydrogen) atoms. The molecule has 0 fully saturated rings. The van der Waals surface area contributed by atoms with E-state index in [1.807, 2.05) is 0 Å². The number of unbranched alkanes of at least 4 members (excludes halogenated alkanes) is 5. The molecule has 200 valence electrons. The van der Waals surface area contributed by atoms with Crippen molar-refractivity contribution in [2.75, 3.05) is 0 Å². The maximum atomic E-state index is 2.36. The Labute approximate surface area is 249 Å². The van der Waals surface area contributed by atoms with E-state index < -0.39 is 43.5 Å². The summed E-state index contributed by atoms with van der Waals surface area (Å²) in [5, 5.41) is 0. The van der Waals surface area contributed by atoms with Gasteiger partial charge in [0.25, 0.3) is 0 Å². The first-order valence-electron chi connectivity index (χ1n) is 14.4. The molecule has 0 heterocycles. The molecule has 0 unspecified atom stereocenters. The van der Waals surface area contributed by atoms with Gasteiger partial charge in [0.05, 0.1) is 0 Å². The standard InChI is InChI=1S/C8H17.2C7H7.2C6H5.C2H5.2Bi/c1-3-5-7-8-6-4-2;2*1-7-5-3-2-4-6-7;2*1-2-4-6-5-3-1;1-2;;/h1,3-8H2,2H3;2*3-6H,1H3;2*1-5H;1H2,2H3;;. The van der Waals surface area contributed by atoms with Crippen LogP contribution in [0.4, 0.5) is 0 Å². The molecule has 0 atom stereocenters. The van der Waals surface area contributed by atoms with Crippen LogP contribution >= 0.6 is 0 Å². The molecule has 4 aromatic rings. The SMILES string of the molecule is CCCCCCC[CH2][Bi]([c]1ccccc1)[c]1ccccc1.C[CH2][Bi]([c]1ccc(C)cc1)[c]1ccc(C)cc1. The fraction of sp³-hybridized carbons (Fsp3) is 0.333. The third kappa shape index (κ3) is 10.7. The second kappa shape index (κ2) is 18.1. The molecule has 4 aromatic carbocycles. The summed E-state index contributed by atoms with van der Waals surface area (Å²) in [5.41, 5.74) is 2.72. The van der Waals surface area contributed by atoms with Gasteiger partial charge in [-0.2, -0.15) is 0 Å². The Bertz CT molecular complexity index is 1050. The van der Waals surface area contributed by atoms with Gasteiger partial charge in [0.2, 0.25) is 0 Å². The van der Waals surface area contributed by atoms with Crippen molar-refractivity contribution >= 4 is 56.6 Å². The summed E-state index contributed by atoms with van der Waals surface area (Å²) in [5.74, 6) is 0. The van der Waals surface area contributed by atoms with E-state index >= 15 is 0 Å². The van der Waals surface area contributed by atoms with E-state index in [1.54, 1.807) is 13.1 Å². The van der Waals surface area contributed by atoms with Gasteiger partial charge in [-0.05, 0) is 0 Å². The molecule has 0 aliphatic rings. The van der Waals surface area contributed by atoms with Crippen LogP contribution in [0.3, 0.4) is 0 Å². The van der Waals surface area contributed by atoms with Gasteiger partial charge in [-0.3, -0.25) is 0 Å². The molecule has 0 nitrogen and oxygen atoms in total. The van der Waals surface area contributed by atoms with Crippen LogP contribution in [-0.4, -0.2) is 43.5 Å². The van der Waals surface area contributed by atoms with Gasteiger partial charge in [-0.25, -0.2) is 0 Å². The molecular weight excluding hydrogens is 850 g/mol. The van der Waals surface area contributed by atoms with Gasteiger partial charge in [-0.15, -0.1) is 0 Å². The first-order valence-corrected chi connectivity index (χ1v) is 26.3. The second-order valence-electron chi connectivity index (χ2n) is 10.0. The van der Waals surface area contributed by atoms with Crippen LogP contribution in [0.2, 0.25) is 8.26 Å². The minimum absolute atomic E-state index is 1.34. The van der Waals surface area contributed by atoms with E-state index in [-0.39, 0.29) is 0 Å². The van der Waals surface area contributed by atoms with Crippen LogP contribution in [0.5, 0.6) is 0 Å². The number of aryl methyl sites for hydroxylation is 2. The third-order valence-electron chi connectivity index (χ3n) is 6.88. The average Bonchev–Trinajstić information content (AvgIpc) is 2.96. The Morgan fingerprint density at radius 2 is 0.816 bits per heavy atom. The Balaban J connectivity index is 0.000000215. The summed E-state index contributed by atoms with van der Waals surface area (Å²) in [6.45, 7) is 8.95. The summed E-state index contributed by atoms with van der Waals surface area (Å²) in [4.78, 5) is 0. The van der Waals surface area contributed by atoms with E-state index in [9.17, 15) is 0 Å². The molecule has 0 aliphatic carbocycles. The van der Waals surface area contributed by atoms with Gasteiger partial charge in [0.1, 0.15) is 0 Å². The van der Waals surface area contributed by atoms with Crippen LogP contribution in [0.1, 0.15) is 63.5 Å². The van der Waals surface area contributed by atoms with Gasteiger partial charge in [0, 0.05) is 0 Å². The Morgan fingerprint density at radius 1 is 0.421 bits per heavy atom. The Hall–Kier alpha value is -1.35. The van der Waals surface area contributed by atoms with Gasteiger partial charge in [0.15, 0.2) is 0 Å². The molecule has 0 saturated heterocycles. The molecule has 0 bridgehead atoms. The van der Waals surface area contributed by atoms with Crippen molar-refractivity contribution in [3.05, 3.63) is 120 Å². The van der Waals surface area contributed by atoms with Crippen LogP contribution in [0.15, 0.2) is 109 Å². The molecule has 0 N–H and O–H groups in total. The van der Waals surface area contributed by atoms with Crippen LogP contribution < -0.4 is 13.1 Å². The zero-order valence-corrected chi connectivity index (χ0v) is 30.9. The predicted octanol–water partition coefficient (Wildman–Crippen LogP) is 7.59. The molecule has 0 amide bonds. The molecule has 0 aromatic heterocycles. The van der Waals surface area contributed by atoms with Gasteiger partial charge < -0.3 is 0 Å². The minimum atomic E-state index is -1.74. The Kier molecular flexibility index (Phi) is 14.8. The molecule has 0 aliphatic heterocycles. The summed E-state index contributed by atoms with van der Waals surface area (Å²) >= 11 is -3.41. The average molecular weight is 897 g/mol. The first-order chi connectivity index (χ1) is 18.6. The normalized spacial score (nSPS) is 10.9. The third-order valence-corrected chi connectivity index (χ3v) is 26.6. The summed E-state index contributed by atoms with van der Waals surface area (Å²) in [6.07, 6.45) is 8.44. The quantitative estimate of drug-likeness (QED) is 0.102. The van der Waals surface area contributed by atoms with E-state index in [1.165, 1.54) is 57.9 Å². The second-order valence-corrected chi connectivity index (χ2v) is 28.9. The van der Waals surface area contributed by atoms with E-state index in [4.69, 9.17) is 0 Å². The first kappa shape index (κ1) is 31.2. The molecule has 0 radical (unpaired) electrons. The fourth-order valence-electron chi connectivity index (χ4n) is 4.64. The van der Waals surface area contributed by atoms with Gasteiger partial charge in [-0.1, -0.05) is 0 Å². The van der Waals surface area contributed by atoms with Crippen molar-refractivity contribution in [2.24, 2.45) is 0 Å². The molecule has 0 saturated carbocycles. The van der Waals surface area contributed by atoms with Crippen molar-refractivity contribution in [1.29, 1.82) is 0 Å². The molecule has 2 heteroatoms. The van der Waals surface area contributed by atoms with E-state index in [2.05, 4.69) is 137 Å². The maximum absolute atomic E-state index is 2.36. The van der Waals surface area contributed by atoms with Crippen molar-refractivity contribution in [1.82, 2.24) is 0 Å². The summed E-state index contributed by atoms with van der Waals surface area (Å²) in [6, 6.07) is 41.0. The molecule has 4 rings (SSSR count). The number of benzene rings is 4. The van der Waals surface area contributed by atoms with Gasteiger partial charge >= 0.3 is 251 Å². The summed E-state index contributed by atoms with van der Waals surface area (Å²) in [7, 11) is 0. The monoisotopic (exact) mass is 896 g/mol. The van der Waals surface area contributed by atoms with Crippen molar-refractivity contribution in [2.45, 2.75) is 74.5 Å². The van der Waals surface area contributed by atoms with E-state index in [0.717, 1.165) is 0 Å². The van der Waals surface area contributed by atoms with E-state index in [0.29, 0.717) is 0 Å². The Morgan fingerprint density at radius 3 is 1.24 bits per heavy atom. The zero-order valence-electron chi connectivity index (χ0n) is 23.9. The van der Waals surface area contributed by atoms with Crippen LogP contribution in [-0.2, 0) is 0 Å². The number of hydrogen-bond donors (Lipinski definition) is 0. The topological polar surface area (TPSA) is 0 Å². The van der Waals surface area contributed by atoms with Crippen molar-refractivity contribution in [3.8, 4) is 0 Å². The van der Waals surface area contributed by atoms with Crippen molar-refractivity contribution < 1.29 is 0 Å². The predicted molar refractivity (Wildman–Crippen MR) is 174 cm³/mol. The van der Waals surface area contributed by atoms with Crippen molar-refractivity contribution in [3.63, 3.8) is 0 Å². The fourth-order valence-corrected chi connectivity index (χ4v) is 22.0. The zero-order chi connectivity index (χ0) is 27.0. The summed E-state index contributed by atoms with van der Waals surface area (Å²) < 4.78 is 9.38. The number of rotatable bonds is 12. The molecule has 0 spiro atoms. The molecular formula is C36H46Bi2. The van der Waals surface area contributed by atoms with Crippen LogP contribution in [0.25, 0.3) is 0 Å².